The Balaban J connectivity index is 1.40. The maximum atomic E-state index is 13.4. The molecule has 2 aromatic carbocycles. The van der Waals surface area contributed by atoms with Crippen LogP contribution >= 0.6 is 0 Å². The lowest BCUT2D eigenvalue weighted by Gasteiger charge is -2.64. The predicted octanol–water partition coefficient (Wildman–Crippen LogP) is 2.40. The maximum absolute atomic E-state index is 13.4. The van der Waals surface area contributed by atoms with Crippen LogP contribution in [0.5, 0.6) is 11.5 Å². The predicted molar refractivity (Wildman–Crippen MR) is 123 cm³/mol. The number of piperidine rings is 1. The summed E-state index contributed by atoms with van der Waals surface area (Å²) in [7, 11) is 0. The standard InChI is InChI=1S/C27H26N2O5/c1-2-12-28-13-11-26-21-15-7-8-19(30)22(21)34-23(26)18(9-10-27(26,33)20(28)14-15)29-24(31)16-5-3-4-6-17(16)25(29)32/h2-8,18,20,23,30,33H,1,9-14H2/t18-,20+,23-,26-,27?/m0/s1. The molecule has 7 nitrogen and oxygen atoms in total. The van der Waals surface area contributed by atoms with Gasteiger partial charge in [0.05, 0.1) is 28.2 Å². The molecule has 174 valence electrons. The minimum Gasteiger partial charge on any atom is -0.504 e. The molecule has 2 amide bonds. The summed E-state index contributed by atoms with van der Waals surface area (Å²) < 4.78 is 6.50. The van der Waals surface area contributed by atoms with Crippen molar-refractivity contribution in [2.24, 2.45) is 0 Å². The van der Waals surface area contributed by atoms with E-state index < -0.39 is 23.2 Å². The van der Waals surface area contributed by atoms with Gasteiger partial charge < -0.3 is 14.9 Å². The van der Waals surface area contributed by atoms with E-state index in [1.165, 1.54) is 4.90 Å². The SMILES string of the molecule is C=CCN1CC[C@]23c4c5ccc(O)c4O[C@H]2[C@@H](N2C(=O)c4ccccc4C2=O)CCC3(O)[C@H]1C5. The van der Waals surface area contributed by atoms with Crippen LogP contribution in [-0.4, -0.2) is 68.7 Å². The second-order valence-electron chi connectivity index (χ2n) is 10.3. The number of phenols is 1. The molecule has 5 aliphatic rings. The van der Waals surface area contributed by atoms with Crippen LogP contribution in [0.15, 0.2) is 49.1 Å². The fourth-order valence-corrected chi connectivity index (χ4v) is 7.76. The smallest absolute Gasteiger partial charge is 0.261 e. The van der Waals surface area contributed by atoms with Gasteiger partial charge in [-0.3, -0.25) is 19.4 Å². The Hall–Kier alpha value is -3.16. The van der Waals surface area contributed by atoms with E-state index in [2.05, 4.69) is 11.5 Å². The van der Waals surface area contributed by atoms with E-state index in [9.17, 15) is 19.8 Å². The van der Waals surface area contributed by atoms with Crippen molar-refractivity contribution in [3.8, 4) is 11.5 Å². The molecule has 7 rings (SSSR count). The summed E-state index contributed by atoms with van der Waals surface area (Å²) in [5, 5.41) is 23.2. The summed E-state index contributed by atoms with van der Waals surface area (Å²) in [6, 6.07) is 9.82. The molecule has 3 heterocycles. The number of rotatable bonds is 3. The third-order valence-corrected chi connectivity index (χ3v) is 9.06. The Morgan fingerprint density at radius 1 is 1.12 bits per heavy atom. The Labute approximate surface area is 197 Å². The Bertz CT molecular complexity index is 1250. The van der Waals surface area contributed by atoms with Crippen LogP contribution in [0, 0.1) is 0 Å². The molecule has 2 N–H and O–H groups in total. The van der Waals surface area contributed by atoms with E-state index in [0.717, 1.165) is 17.7 Å². The highest BCUT2D eigenvalue weighted by Gasteiger charge is 2.74. The van der Waals surface area contributed by atoms with Crippen LogP contribution in [0.2, 0.25) is 0 Å². The molecule has 2 fully saturated rings. The molecule has 3 aliphatic heterocycles. The van der Waals surface area contributed by atoms with Gasteiger partial charge in [0.15, 0.2) is 11.5 Å². The number of phenolic OH excluding ortho intramolecular Hbond substituents is 1. The monoisotopic (exact) mass is 458 g/mol. The zero-order chi connectivity index (χ0) is 23.4. The molecule has 34 heavy (non-hydrogen) atoms. The molecule has 2 bridgehead atoms. The second-order valence-corrected chi connectivity index (χ2v) is 10.3. The highest BCUT2D eigenvalue weighted by atomic mass is 16.5. The normalized spacial score (nSPS) is 35.1. The van der Waals surface area contributed by atoms with Crippen LogP contribution < -0.4 is 4.74 Å². The summed E-state index contributed by atoms with van der Waals surface area (Å²) >= 11 is 0. The van der Waals surface area contributed by atoms with Crippen molar-refractivity contribution in [1.82, 2.24) is 9.80 Å². The van der Waals surface area contributed by atoms with E-state index in [0.29, 0.717) is 49.1 Å². The van der Waals surface area contributed by atoms with Gasteiger partial charge >= 0.3 is 0 Å². The minimum absolute atomic E-state index is 0.0398. The molecule has 2 aliphatic carbocycles. The van der Waals surface area contributed by atoms with Crippen molar-refractivity contribution in [2.75, 3.05) is 13.1 Å². The second kappa shape index (κ2) is 6.49. The molecule has 1 saturated heterocycles. The quantitative estimate of drug-likeness (QED) is 0.542. The molecule has 1 unspecified atom stereocenters. The molecule has 5 atom stereocenters. The van der Waals surface area contributed by atoms with Crippen molar-refractivity contribution in [3.63, 3.8) is 0 Å². The summed E-state index contributed by atoms with van der Waals surface area (Å²) in [6.07, 6.45) is 3.40. The zero-order valence-corrected chi connectivity index (χ0v) is 18.7. The minimum atomic E-state index is -1.10. The van der Waals surface area contributed by atoms with Gasteiger partial charge in [-0.2, -0.15) is 0 Å². The number of aromatic hydroxyl groups is 1. The van der Waals surface area contributed by atoms with Crippen molar-refractivity contribution in [3.05, 3.63) is 71.3 Å². The average molecular weight is 459 g/mol. The molecule has 2 aromatic rings. The number of nitrogens with zero attached hydrogens (tertiary/aromatic N) is 2. The fraction of sp³-hybridized carbons (Fsp3) is 0.407. The number of imide groups is 1. The van der Waals surface area contributed by atoms with Crippen LogP contribution in [0.1, 0.15) is 51.1 Å². The Morgan fingerprint density at radius 2 is 1.85 bits per heavy atom. The third kappa shape index (κ3) is 2.11. The maximum Gasteiger partial charge on any atom is 0.261 e. The first kappa shape index (κ1) is 20.2. The highest BCUT2D eigenvalue weighted by molar-refractivity contribution is 6.21. The summed E-state index contributed by atoms with van der Waals surface area (Å²) in [4.78, 5) is 30.4. The number of carbonyl (C=O) groups is 2. The summed E-state index contributed by atoms with van der Waals surface area (Å²) in [6.45, 7) is 5.32. The zero-order valence-electron chi connectivity index (χ0n) is 18.7. The van der Waals surface area contributed by atoms with Crippen LogP contribution in [0.4, 0.5) is 0 Å². The third-order valence-electron chi connectivity index (χ3n) is 9.06. The number of likely N-dealkylation sites (tertiary alicyclic amines) is 1. The van der Waals surface area contributed by atoms with Gasteiger partial charge in [0.1, 0.15) is 6.10 Å². The molecular formula is C27H26N2O5. The Kier molecular flexibility index (Phi) is 3.86. The van der Waals surface area contributed by atoms with Crippen LogP contribution in [0.3, 0.4) is 0 Å². The van der Waals surface area contributed by atoms with Crippen molar-refractivity contribution >= 4 is 11.8 Å². The number of benzene rings is 2. The van der Waals surface area contributed by atoms with Crippen molar-refractivity contribution in [1.29, 1.82) is 0 Å². The molecule has 7 heteroatoms. The first-order valence-electron chi connectivity index (χ1n) is 12.0. The van der Waals surface area contributed by atoms with E-state index in [1.54, 1.807) is 30.3 Å². The van der Waals surface area contributed by atoms with Gasteiger partial charge in [0.2, 0.25) is 0 Å². The first-order valence-corrected chi connectivity index (χ1v) is 12.0. The lowest BCUT2D eigenvalue weighted by atomic mass is 9.48. The van der Waals surface area contributed by atoms with Crippen molar-refractivity contribution in [2.45, 2.75) is 54.9 Å². The van der Waals surface area contributed by atoms with Gasteiger partial charge in [-0.15, -0.1) is 6.58 Å². The molecule has 1 spiro atoms. The van der Waals surface area contributed by atoms with Gasteiger partial charge in [0.25, 0.3) is 11.8 Å². The number of fused-ring (bicyclic) bond motifs is 1. The van der Waals surface area contributed by atoms with Gasteiger partial charge in [-0.05, 0) is 56.0 Å². The number of hydrogen-bond donors (Lipinski definition) is 2. The van der Waals surface area contributed by atoms with Gasteiger partial charge in [0, 0.05) is 18.2 Å². The fourth-order valence-electron chi connectivity index (χ4n) is 7.76. The van der Waals surface area contributed by atoms with E-state index in [4.69, 9.17) is 4.74 Å². The average Bonchev–Trinajstić information content (AvgIpc) is 3.31. The van der Waals surface area contributed by atoms with E-state index in [-0.39, 0.29) is 23.6 Å². The molecule has 0 aromatic heterocycles. The molecule has 0 radical (unpaired) electrons. The number of hydrogen-bond acceptors (Lipinski definition) is 6. The lowest BCUT2D eigenvalue weighted by molar-refractivity contribution is -0.194. The van der Waals surface area contributed by atoms with Gasteiger partial charge in [-0.25, -0.2) is 0 Å². The first-order chi connectivity index (χ1) is 16.4. The Morgan fingerprint density at radius 3 is 2.56 bits per heavy atom. The number of aliphatic hydroxyl groups is 1. The van der Waals surface area contributed by atoms with Gasteiger partial charge in [-0.1, -0.05) is 24.3 Å². The summed E-state index contributed by atoms with van der Waals surface area (Å²) in [5.41, 5.74) is 0.854. The number of amides is 2. The number of carbonyl (C=O) groups excluding carboxylic acids is 2. The lowest BCUT2D eigenvalue weighted by Crippen LogP contribution is -2.78. The number of ether oxygens (including phenoxy) is 1. The topological polar surface area (TPSA) is 90.3 Å². The van der Waals surface area contributed by atoms with Crippen molar-refractivity contribution < 1.29 is 24.5 Å². The van der Waals surface area contributed by atoms with E-state index >= 15 is 0 Å². The largest absolute Gasteiger partial charge is 0.504 e. The summed E-state index contributed by atoms with van der Waals surface area (Å²) in [5.74, 6) is -0.182. The highest BCUT2D eigenvalue weighted by Crippen LogP contribution is 2.66. The molecular weight excluding hydrogens is 432 g/mol. The van der Waals surface area contributed by atoms with Crippen LogP contribution in [0.25, 0.3) is 0 Å². The van der Waals surface area contributed by atoms with Crippen LogP contribution in [-0.2, 0) is 11.8 Å². The molecule has 1 saturated carbocycles. The van der Waals surface area contributed by atoms with E-state index in [1.807, 2.05) is 12.1 Å².